The van der Waals surface area contributed by atoms with Crippen molar-refractivity contribution >= 4 is 5.91 Å². The number of rotatable bonds is 7. The highest BCUT2D eigenvalue weighted by Crippen LogP contribution is 2.26. The lowest BCUT2D eigenvalue weighted by molar-refractivity contribution is -0.133. The molecule has 2 aliphatic rings. The van der Waals surface area contributed by atoms with Gasteiger partial charge in [-0.1, -0.05) is 35.5 Å². The summed E-state index contributed by atoms with van der Waals surface area (Å²) in [7, 11) is 0. The third kappa shape index (κ3) is 5.66. The van der Waals surface area contributed by atoms with Crippen molar-refractivity contribution in [3.05, 3.63) is 47.6 Å². The lowest BCUT2D eigenvalue weighted by Crippen LogP contribution is -2.40. The molecule has 1 aromatic carbocycles. The van der Waals surface area contributed by atoms with E-state index in [-0.39, 0.29) is 5.91 Å². The van der Waals surface area contributed by atoms with Gasteiger partial charge in [0.2, 0.25) is 11.8 Å². The van der Waals surface area contributed by atoms with Crippen molar-refractivity contribution in [2.24, 2.45) is 5.92 Å². The number of nitrogens with zero attached hydrogens (tertiary/aromatic N) is 3. The number of likely N-dealkylation sites (tertiary alicyclic amines) is 1. The SMILES string of the molecule is O=C(CCCc1ccccc1)N1CCCC(Cc2nc(C3CCOCC3)no2)C1. The Hall–Kier alpha value is -2.21. The highest BCUT2D eigenvalue weighted by atomic mass is 16.5. The maximum Gasteiger partial charge on any atom is 0.226 e. The number of aromatic nitrogens is 2. The second-order valence-electron chi connectivity index (χ2n) is 8.32. The van der Waals surface area contributed by atoms with Crippen LogP contribution in [0.15, 0.2) is 34.9 Å². The first-order valence-electron chi connectivity index (χ1n) is 11.0. The van der Waals surface area contributed by atoms with E-state index in [9.17, 15) is 4.79 Å². The molecule has 0 N–H and O–H groups in total. The van der Waals surface area contributed by atoms with Gasteiger partial charge in [-0.3, -0.25) is 4.79 Å². The van der Waals surface area contributed by atoms with Crippen LogP contribution in [-0.4, -0.2) is 47.3 Å². The molecule has 0 aliphatic carbocycles. The van der Waals surface area contributed by atoms with Gasteiger partial charge in [-0.2, -0.15) is 4.98 Å². The molecule has 1 amide bonds. The summed E-state index contributed by atoms with van der Waals surface area (Å²) >= 11 is 0. The summed E-state index contributed by atoms with van der Waals surface area (Å²) in [4.78, 5) is 19.3. The minimum atomic E-state index is 0.277. The monoisotopic (exact) mass is 397 g/mol. The van der Waals surface area contributed by atoms with E-state index < -0.39 is 0 Å². The molecule has 6 heteroatoms. The number of hydrogen-bond donors (Lipinski definition) is 0. The third-order valence-corrected chi connectivity index (χ3v) is 6.10. The highest BCUT2D eigenvalue weighted by Gasteiger charge is 2.26. The van der Waals surface area contributed by atoms with Crippen molar-refractivity contribution < 1.29 is 14.1 Å². The second-order valence-corrected chi connectivity index (χ2v) is 8.32. The van der Waals surface area contributed by atoms with Gasteiger partial charge in [0.25, 0.3) is 0 Å². The quantitative estimate of drug-likeness (QED) is 0.711. The molecule has 0 spiro atoms. The van der Waals surface area contributed by atoms with Crippen molar-refractivity contribution in [1.29, 1.82) is 0 Å². The van der Waals surface area contributed by atoms with Gasteiger partial charge >= 0.3 is 0 Å². The fourth-order valence-corrected chi connectivity index (χ4v) is 4.42. The van der Waals surface area contributed by atoms with E-state index in [1.165, 1.54) is 5.56 Å². The van der Waals surface area contributed by atoms with Crippen LogP contribution in [0.1, 0.15) is 61.7 Å². The maximum atomic E-state index is 12.7. The van der Waals surface area contributed by atoms with Crippen LogP contribution in [0, 0.1) is 5.92 Å². The highest BCUT2D eigenvalue weighted by molar-refractivity contribution is 5.76. The fourth-order valence-electron chi connectivity index (χ4n) is 4.42. The smallest absolute Gasteiger partial charge is 0.226 e. The summed E-state index contributed by atoms with van der Waals surface area (Å²) in [6, 6.07) is 10.4. The second kappa shape index (κ2) is 10.0. The maximum absolute atomic E-state index is 12.7. The molecule has 29 heavy (non-hydrogen) atoms. The van der Waals surface area contributed by atoms with Crippen LogP contribution < -0.4 is 0 Å². The molecule has 0 radical (unpaired) electrons. The van der Waals surface area contributed by atoms with Crippen LogP contribution >= 0.6 is 0 Å². The summed E-state index contributed by atoms with van der Waals surface area (Å²) in [6.07, 6.45) is 7.35. The number of ether oxygens (including phenoxy) is 1. The zero-order valence-corrected chi connectivity index (χ0v) is 17.1. The summed E-state index contributed by atoms with van der Waals surface area (Å²) in [6.45, 7) is 3.23. The lowest BCUT2D eigenvalue weighted by atomic mass is 9.94. The Morgan fingerprint density at radius 3 is 2.79 bits per heavy atom. The van der Waals surface area contributed by atoms with Gasteiger partial charge in [-0.25, -0.2) is 0 Å². The fraction of sp³-hybridized carbons (Fsp3) is 0.609. The predicted octanol–water partition coefficient (Wildman–Crippen LogP) is 3.77. The molecule has 2 fully saturated rings. The molecule has 4 rings (SSSR count). The standard InChI is InChI=1S/C23H31N3O3/c27-22(10-4-8-18-6-2-1-3-7-18)26-13-5-9-19(17-26)16-21-24-23(25-29-21)20-11-14-28-15-12-20/h1-3,6-7,19-20H,4-5,8-17H2. The van der Waals surface area contributed by atoms with Gasteiger partial charge in [0, 0.05) is 45.1 Å². The van der Waals surface area contributed by atoms with E-state index in [2.05, 4.69) is 34.4 Å². The zero-order chi connectivity index (χ0) is 19.9. The topological polar surface area (TPSA) is 68.5 Å². The van der Waals surface area contributed by atoms with Crippen LogP contribution in [0.25, 0.3) is 0 Å². The van der Waals surface area contributed by atoms with Crippen LogP contribution in [0.4, 0.5) is 0 Å². The van der Waals surface area contributed by atoms with E-state index in [1.807, 2.05) is 11.0 Å². The van der Waals surface area contributed by atoms with E-state index in [0.717, 1.165) is 83.0 Å². The molecule has 2 aromatic rings. The molecule has 1 unspecified atom stereocenters. The van der Waals surface area contributed by atoms with Crippen molar-refractivity contribution in [3.63, 3.8) is 0 Å². The minimum Gasteiger partial charge on any atom is -0.381 e. The van der Waals surface area contributed by atoms with Crippen LogP contribution in [0.2, 0.25) is 0 Å². The van der Waals surface area contributed by atoms with Crippen molar-refractivity contribution in [1.82, 2.24) is 15.0 Å². The zero-order valence-electron chi connectivity index (χ0n) is 17.1. The number of aryl methyl sites for hydroxylation is 1. The van der Waals surface area contributed by atoms with Gasteiger partial charge in [0.05, 0.1) is 0 Å². The first-order valence-corrected chi connectivity index (χ1v) is 11.0. The Kier molecular flexibility index (Phi) is 6.93. The van der Waals surface area contributed by atoms with E-state index in [0.29, 0.717) is 18.3 Å². The lowest BCUT2D eigenvalue weighted by Gasteiger charge is -2.32. The minimum absolute atomic E-state index is 0.277. The van der Waals surface area contributed by atoms with Crippen LogP contribution in [0.3, 0.4) is 0 Å². The van der Waals surface area contributed by atoms with Crippen molar-refractivity contribution in [3.8, 4) is 0 Å². The molecular formula is C23H31N3O3. The number of benzene rings is 1. The van der Waals surface area contributed by atoms with Gasteiger partial charge in [-0.15, -0.1) is 0 Å². The van der Waals surface area contributed by atoms with E-state index >= 15 is 0 Å². The Morgan fingerprint density at radius 1 is 1.14 bits per heavy atom. The molecule has 156 valence electrons. The molecule has 1 atom stereocenters. The summed E-state index contributed by atoms with van der Waals surface area (Å²) in [5.41, 5.74) is 1.30. The number of carbonyl (C=O) groups excluding carboxylic acids is 1. The average molecular weight is 398 g/mol. The van der Waals surface area contributed by atoms with E-state index in [4.69, 9.17) is 9.26 Å². The molecule has 1 aromatic heterocycles. The Balaban J connectivity index is 1.23. The summed E-state index contributed by atoms with van der Waals surface area (Å²) in [5.74, 6) is 2.59. The van der Waals surface area contributed by atoms with Gasteiger partial charge in [0.1, 0.15) is 0 Å². The Labute approximate surface area is 172 Å². The average Bonchev–Trinajstić information content (AvgIpc) is 3.24. The molecule has 6 nitrogen and oxygen atoms in total. The van der Waals surface area contributed by atoms with Crippen molar-refractivity contribution in [2.75, 3.05) is 26.3 Å². The van der Waals surface area contributed by atoms with Crippen molar-refractivity contribution in [2.45, 2.75) is 57.3 Å². The number of hydrogen-bond acceptors (Lipinski definition) is 5. The normalized spacial score (nSPS) is 20.7. The number of carbonyl (C=O) groups is 1. The van der Waals surface area contributed by atoms with Crippen LogP contribution in [0.5, 0.6) is 0 Å². The molecule has 2 aliphatic heterocycles. The first kappa shape index (κ1) is 20.1. The Morgan fingerprint density at radius 2 is 1.97 bits per heavy atom. The first-order chi connectivity index (χ1) is 14.3. The predicted molar refractivity (Wildman–Crippen MR) is 109 cm³/mol. The molecule has 0 saturated carbocycles. The van der Waals surface area contributed by atoms with Gasteiger partial charge < -0.3 is 14.2 Å². The molecular weight excluding hydrogens is 366 g/mol. The summed E-state index contributed by atoms with van der Waals surface area (Å²) in [5, 5.41) is 4.21. The largest absolute Gasteiger partial charge is 0.381 e. The number of piperidine rings is 1. The Bertz CT molecular complexity index is 771. The van der Waals surface area contributed by atoms with Crippen LogP contribution in [-0.2, 0) is 22.4 Å². The van der Waals surface area contributed by atoms with E-state index in [1.54, 1.807) is 0 Å². The summed E-state index contributed by atoms with van der Waals surface area (Å²) < 4.78 is 10.9. The molecule has 3 heterocycles. The molecule has 0 bridgehead atoms. The van der Waals surface area contributed by atoms with Gasteiger partial charge in [-0.05, 0) is 50.0 Å². The van der Waals surface area contributed by atoms with Gasteiger partial charge in [0.15, 0.2) is 5.82 Å². The third-order valence-electron chi connectivity index (χ3n) is 6.10. The number of amides is 1. The molecule has 2 saturated heterocycles.